The highest BCUT2D eigenvalue weighted by Crippen LogP contribution is 2.32. The zero-order valence-electron chi connectivity index (χ0n) is 13.0. The second kappa shape index (κ2) is 6.59. The van der Waals surface area contributed by atoms with Crippen LogP contribution in [0, 0.1) is 13.8 Å². The number of amidine groups is 1. The van der Waals surface area contributed by atoms with Crippen LogP contribution in [0.15, 0.2) is 40.5 Å². The maximum absolute atomic E-state index is 4.66. The first kappa shape index (κ1) is 15.3. The molecule has 0 aromatic heterocycles. The predicted molar refractivity (Wildman–Crippen MR) is 88.9 cm³/mol. The van der Waals surface area contributed by atoms with Crippen molar-refractivity contribution in [2.75, 3.05) is 13.1 Å². The molecule has 0 bridgehead atoms. The Hall–Kier alpha value is -1.06. The van der Waals surface area contributed by atoms with Crippen LogP contribution in [0.1, 0.15) is 37.8 Å². The number of thioether (sulfide) groups is 1. The van der Waals surface area contributed by atoms with E-state index in [0.717, 1.165) is 17.6 Å². The minimum absolute atomic E-state index is 0.922. The van der Waals surface area contributed by atoms with E-state index in [1.54, 1.807) is 0 Å². The first-order valence-electron chi connectivity index (χ1n) is 7.49. The molecule has 0 saturated heterocycles. The number of hydrogen-bond donors (Lipinski definition) is 0. The molecule has 0 radical (unpaired) electrons. The summed E-state index contributed by atoms with van der Waals surface area (Å²) >= 11 is 1.83. The van der Waals surface area contributed by atoms with Crippen LogP contribution in [0.4, 0.5) is 0 Å². The molecule has 1 aliphatic heterocycles. The van der Waals surface area contributed by atoms with Gasteiger partial charge in [0.1, 0.15) is 6.20 Å². The Labute approximate surface area is 127 Å². The van der Waals surface area contributed by atoms with E-state index < -0.39 is 0 Å². The second-order valence-electron chi connectivity index (χ2n) is 5.56. The van der Waals surface area contributed by atoms with Crippen molar-refractivity contribution in [1.82, 2.24) is 0 Å². The maximum Gasteiger partial charge on any atom is 0.273 e. The molecule has 0 aliphatic carbocycles. The summed E-state index contributed by atoms with van der Waals surface area (Å²) in [6.45, 7) is 11.1. The van der Waals surface area contributed by atoms with Gasteiger partial charge in [-0.25, -0.2) is 4.48 Å². The first-order chi connectivity index (χ1) is 9.61. The standard InChI is InChI=1S/C17H25N2S/c1-5-10-19(11-6-2)12-9-18-17(19)20-16-8-7-14(3)13-15(16)4/h7-9,12-13H,5-6,10-11H2,1-4H3/q+1. The zero-order chi connectivity index (χ0) is 14.6. The summed E-state index contributed by atoms with van der Waals surface area (Å²) in [6.07, 6.45) is 6.60. The fraction of sp³-hybridized carbons (Fsp3) is 0.471. The van der Waals surface area contributed by atoms with Crippen LogP contribution in [0.2, 0.25) is 0 Å². The summed E-state index contributed by atoms with van der Waals surface area (Å²) in [5, 5.41) is 1.22. The van der Waals surface area contributed by atoms with E-state index in [2.05, 4.69) is 57.1 Å². The highest BCUT2D eigenvalue weighted by atomic mass is 32.2. The molecule has 2 nitrogen and oxygen atoms in total. The molecule has 108 valence electrons. The van der Waals surface area contributed by atoms with Crippen molar-refractivity contribution in [1.29, 1.82) is 0 Å². The molecular weight excluding hydrogens is 264 g/mol. The molecule has 0 fully saturated rings. The van der Waals surface area contributed by atoms with E-state index >= 15 is 0 Å². The lowest BCUT2D eigenvalue weighted by Crippen LogP contribution is -2.46. The van der Waals surface area contributed by atoms with E-state index in [9.17, 15) is 0 Å². The van der Waals surface area contributed by atoms with Crippen LogP contribution in [0.3, 0.4) is 0 Å². The van der Waals surface area contributed by atoms with Crippen LogP contribution in [-0.2, 0) is 0 Å². The van der Waals surface area contributed by atoms with Gasteiger partial charge < -0.3 is 0 Å². The highest BCUT2D eigenvalue weighted by Gasteiger charge is 2.34. The van der Waals surface area contributed by atoms with Gasteiger partial charge >= 0.3 is 0 Å². The van der Waals surface area contributed by atoms with Crippen molar-refractivity contribution in [3.63, 3.8) is 0 Å². The number of rotatable bonds is 5. The normalized spacial score (nSPS) is 16.5. The summed E-state index contributed by atoms with van der Waals surface area (Å²) < 4.78 is 0.922. The molecule has 20 heavy (non-hydrogen) atoms. The Kier molecular flexibility index (Phi) is 5.06. The number of hydrogen-bond acceptors (Lipinski definition) is 2. The Bertz CT molecular complexity index is 526. The van der Waals surface area contributed by atoms with Gasteiger partial charge in [-0.15, -0.1) is 0 Å². The Morgan fingerprint density at radius 1 is 1.10 bits per heavy atom. The van der Waals surface area contributed by atoms with Crippen molar-refractivity contribution in [2.24, 2.45) is 4.99 Å². The lowest BCUT2D eigenvalue weighted by atomic mass is 10.2. The van der Waals surface area contributed by atoms with Gasteiger partial charge in [0.15, 0.2) is 0 Å². The fourth-order valence-corrected chi connectivity index (χ4v) is 3.87. The molecule has 2 rings (SSSR count). The number of aliphatic imine (C=N–C) groups is 1. The third-order valence-corrected chi connectivity index (χ3v) is 5.02. The van der Waals surface area contributed by atoms with Crippen molar-refractivity contribution >= 4 is 16.9 Å². The number of nitrogens with zero attached hydrogens (tertiary/aromatic N) is 2. The smallest absolute Gasteiger partial charge is 0.241 e. The van der Waals surface area contributed by atoms with Crippen molar-refractivity contribution in [3.05, 3.63) is 41.7 Å². The third kappa shape index (κ3) is 3.15. The van der Waals surface area contributed by atoms with E-state index in [4.69, 9.17) is 0 Å². The Balaban J connectivity index is 2.23. The quantitative estimate of drug-likeness (QED) is 0.704. The molecule has 1 aliphatic rings. The highest BCUT2D eigenvalue weighted by molar-refractivity contribution is 8.13. The van der Waals surface area contributed by atoms with E-state index in [1.165, 1.54) is 34.0 Å². The fourth-order valence-electron chi connectivity index (χ4n) is 2.78. The van der Waals surface area contributed by atoms with Gasteiger partial charge in [-0.2, -0.15) is 4.99 Å². The summed E-state index contributed by atoms with van der Waals surface area (Å²) in [5.41, 5.74) is 2.66. The lowest BCUT2D eigenvalue weighted by Gasteiger charge is -2.31. The van der Waals surface area contributed by atoms with Gasteiger partial charge in [-0.1, -0.05) is 31.5 Å². The maximum atomic E-state index is 4.66. The largest absolute Gasteiger partial charge is 0.273 e. The van der Waals surface area contributed by atoms with Crippen molar-refractivity contribution in [2.45, 2.75) is 45.4 Å². The Morgan fingerprint density at radius 3 is 2.40 bits per heavy atom. The average Bonchev–Trinajstić information content (AvgIpc) is 2.77. The zero-order valence-corrected chi connectivity index (χ0v) is 13.8. The molecule has 1 heterocycles. The van der Waals surface area contributed by atoms with Crippen LogP contribution in [0.5, 0.6) is 0 Å². The van der Waals surface area contributed by atoms with E-state index in [1.807, 2.05) is 18.0 Å². The molecule has 1 aromatic carbocycles. The molecule has 0 N–H and O–H groups in total. The molecule has 0 saturated carbocycles. The molecular formula is C17H25N2S+. The second-order valence-corrected chi connectivity index (χ2v) is 6.57. The first-order valence-corrected chi connectivity index (χ1v) is 8.31. The molecule has 0 atom stereocenters. The van der Waals surface area contributed by atoms with Crippen molar-refractivity contribution in [3.8, 4) is 0 Å². The Morgan fingerprint density at radius 2 is 1.80 bits per heavy atom. The monoisotopic (exact) mass is 289 g/mol. The molecule has 3 heteroatoms. The van der Waals surface area contributed by atoms with Gasteiger partial charge in [0.05, 0.1) is 19.3 Å². The SMILES string of the molecule is CCC[N+]1(CCC)C=CN=C1Sc1ccc(C)cc1C. The van der Waals surface area contributed by atoms with Crippen LogP contribution < -0.4 is 0 Å². The topological polar surface area (TPSA) is 12.4 Å². The minimum Gasteiger partial charge on any atom is -0.241 e. The van der Waals surface area contributed by atoms with Gasteiger partial charge in [0.2, 0.25) is 0 Å². The summed E-state index contributed by atoms with van der Waals surface area (Å²) in [5.74, 6) is 0. The average molecular weight is 289 g/mol. The van der Waals surface area contributed by atoms with Crippen LogP contribution in [0.25, 0.3) is 0 Å². The van der Waals surface area contributed by atoms with Crippen LogP contribution >= 0.6 is 11.8 Å². The minimum atomic E-state index is 0.922. The number of quaternary nitrogens is 1. The predicted octanol–water partition coefficient (Wildman–Crippen LogP) is 4.87. The summed E-state index contributed by atoms with van der Waals surface area (Å²) in [6, 6.07) is 6.66. The molecule has 0 unspecified atom stereocenters. The van der Waals surface area contributed by atoms with E-state index in [-0.39, 0.29) is 0 Å². The summed E-state index contributed by atoms with van der Waals surface area (Å²) in [4.78, 5) is 5.98. The number of aryl methyl sites for hydroxylation is 2. The van der Waals surface area contributed by atoms with E-state index in [0.29, 0.717) is 0 Å². The van der Waals surface area contributed by atoms with Crippen LogP contribution in [-0.4, -0.2) is 22.7 Å². The lowest BCUT2D eigenvalue weighted by molar-refractivity contribution is -0.782. The summed E-state index contributed by atoms with van der Waals surface area (Å²) in [7, 11) is 0. The molecule has 1 aromatic rings. The number of benzene rings is 1. The van der Waals surface area contributed by atoms with Gasteiger partial charge in [0.25, 0.3) is 5.17 Å². The molecule has 0 amide bonds. The third-order valence-electron chi connectivity index (χ3n) is 3.69. The molecule has 0 spiro atoms. The van der Waals surface area contributed by atoms with Crippen molar-refractivity contribution < 1.29 is 4.48 Å². The van der Waals surface area contributed by atoms with Gasteiger partial charge in [-0.05, 0) is 50.1 Å². The van der Waals surface area contributed by atoms with Gasteiger partial charge in [-0.3, -0.25) is 0 Å². The van der Waals surface area contributed by atoms with Gasteiger partial charge in [0, 0.05) is 4.90 Å².